The molecule has 2 unspecified atom stereocenters. The number of methoxy groups -OCH3 is 1. The summed E-state index contributed by atoms with van der Waals surface area (Å²) in [4.78, 5) is 24.3. The average molecular weight is 445 g/mol. The predicted octanol–water partition coefficient (Wildman–Crippen LogP) is 4.49. The Labute approximate surface area is 196 Å². The lowest BCUT2D eigenvalue weighted by Gasteiger charge is -2.37. The van der Waals surface area contributed by atoms with Crippen molar-refractivity contribution in [2.45, 2.75) is 39.3 Å². The second-order valence-corrected chi connectivity index (χ2v) is 8.81. The van der Waals surface area contributed by atoms with Gasteiger partial charge >= 0.3 is 0 Å². The molecule has 0 spiro atoms. The summed E-state index contributed by atoms with van der Waals surface area (Å²) in [5.41, 5.74) is 5.03. The van der Waals surface area contributed by atoms with Gasteiger partial charge in [-0.3, -0.25) is 19.7 Å². The van der Waals surface area contributed by atoms with Gasteiger partial charge in [0.1, 0.15) is 11.4 Å². The minimum Gasteiger partial charge on any atom is -0.496 e. The van der Waals surface area contributed by atoms with Gasteiger partial charge in [-0.05, 0) is 86.2 Å². The molecule has 2 aromatic heterocycles. The summed E-state index contributed by atoms with van der Waals surface area (Å²) in [5, 5.41) is 3.23. The zero-order valence-corrected chi connectivity index (χ0v) is 19.6. The van der Waals surface area contributed by atoms with E-state index < -0.39 is 0 Å². The fourth-order valence-corrected chi connectivity index (χ4v) is 4.69. The average Bonchev–Trinajstić information content (AvgIpc) is 2.85. The first-order valence-corrected chi connectivity index (χ1v) is 11.5. The van der Waals surface area contributed by atoms with Crippen LogP contribution in [0.5, 0.6) is 5.75 Å². The van der Waals surface area contributed by atoms with E-state index in [1.54, 1.807) is 25.6 Å². The minimum absolute atomic E-state index is 0.162. The van der Waals surface area contributed by atoms with Gasteiger partial charge < -0.3 is 10.1 Å². The molecule has 0 aliphatic carbocycles. The number of aromatic nitrogens is 2. The van der Waals surface area contributed by atoms with Crippen molar-refractivity contribution in [3.8, 4) is 5.75 Å². The van der Waals surface area contributed by atoms with Gasteiger partial charge in [-0.1, -0.05) is 18.2 Å². The molecule has 3 aromatic rings. The number of hydrogen-bond donors (Lipinski definition) is 1. The maximum Gasteiger partial charge on any atom is 0.270 e. The molecule has 1 saturated heterocycles. The van der Waals surface area contributed by atoms with Crippen molar-refractivity contribution in [3.63, 3.8) is 0 Å². The number of piperidine rings is 1. The second-order valence-electron chi connectivity index (χ2n) is 8.81. The van der Waals surface area contributed by atoms with Crippen LogP contribution < -0.4 is 10.1 Å². The van der Waals surface area contributed by atoms with E-state index in [-0.39, 0.29) is 17.9 Å². The summed E-state index contributed by atoms with van der Waals surface area (Å²) in [6.07, 6.45) is 5.56. The fraction of sp³-hybridized carbons (Fsp3) is 0.370. The Balaban J connectivity index is 1.53. The number of amides is 1. The topological polar surface area (TPSA) is 67.3 Å². The number of benzene rings is 1. The van der Waals surface area contributed by atoms with Crippen LogP contribution in [0.4, 0.5) is 0 Å². The highest BCUT2D eigenvalue weighted by Crippen LogP contribution is 2.31. The van der Waals surface area contributed by atoms with Gasteiger partial charge in [0.25, 0.3) is 5.91 Å². The van der Waals surface area contributed by atoms with Crippen LogP contribution in [0.3, 0.4) is 0 Å². The third-order valence-electron chi connectivity index (χ3n) is 6.45. The third kappa shape index (κ3) is 5.57. The van der Waals surface area contributed by atoms with E-state index in [2.05, 4.69) is 46.2 Å². The number of nitrogens with zero attached hydrogens (tertiary/aromatic N) is 3. The monoisotopic (exact) mass is 444 g/mol. The number of carbonyl (C=O) groups excluding carboxylic acids is 1. The van der Waals surface area contributed by atoms with Crippen molar-refractivity contribution in [3.05, 3.63) is 89.0 Å². The van der Waals surface area contributed by atoms with Crippen molar-refractivity contribution >= 4 is 5.91 Å². The molecule has 1 N–H and O–H groups in total. The van der Waals surface area contributed by atoms with Gasteiger partial charge in [-0.15, -0.1) is 0 Å². The summed E-state index contributed by atoms with van der Waals surface area (Å²) in [6, 6.07) is 15.5. The zero-order valence-electron chi connectivity index (χ0n) is 19.6. The van der Waals surface area contributed by atoms with Crippen molar-refractivity contribution in [2.24, 2.45) is 5.92 Å². The molecular weight excluding hydrogens is 412 g/mol. The maximum absolute atomic E-state index is 13.0. The Bertz CT molecular complexity index is 1070. The molecule has 6 heteroatoms. The molecule has 0 saturated carbocycles. The largest absolute Gasteiger partial charge is 0.496 e. The molecule has 2 atom stereocenters. The number of rotatable bonds is 7. The van der Waals surface area contributed by atoms with E-state index in [9.17, 15) is 4.79 Å². The first-order chi connectivity index (χ1) is 16.0. The maximum atomic E-state index is 13.0. The van der Waals surface area contributed by atoms with Crippen molar-refractivity contribution in [1.29, 1.82) is 0 Å². The first-order valence-electron chi connectivity index (χ1n) is 11.5. The van der Waals surface area contributed by atoms with Gasteiger partial charge in [-0.25, -0.2) is 0 Å². The standard InChI is InChI=1S/C27H32N4O2/c1-19-16-25(33-3)20(2)15-22(19)18-31-14-8-9-21(17-31)26(23-10-4-6-12-28-23)30-27(32)24-11-5-7-13-29-24/h4-7,10-13,15-16,21,26H,8-9,14,17-18H2,1-3H3,(H,30,32). The molecular formula is C27H32N4O2. The van der Waals surface area contributed by atoms with Gasteiger partial charge in [0.05, 0.1) is 18.8 Å². The van der Waals surface area contributed by atoms with E-state index in [1.165, 1.54) is 11.1 Å². The Morgan fingerprint density at radius 2 is 1.91 bits per heavy atom. The van der Waals surface area contributed by atoms with Crippen molar-refractivity contribution in [2.75, 3.05) is 20.2 Å². The van der Waals surface area contributed by atoms with E-state index in [1.807, 2.05) is 30.3 Å². The van der Waals surface area contributed by atoms with Crippen LogP contribution in [0.1, 0.15) is 51.8 Å². The highest BCUT2D eigenvalue weighted by molar-refractivity contribution is 5.92. The lowest BCUT2D eigenvalue weighted by Crippen LogP contribution is -2.43. The second kappa shape index (κ2) is 10.6. The van der Waals surface area contributed by atoms with Gasteiger partial charge in [0.15, 0.2) is 0 Å². The van der Waals surface area contributed by atoms with Gasteiger partial charge in [-0.2, -0.15) is 0 Å². The molecule has 1 aromatic carbocycles. The van der Waals surface area contributed by atoms with Crippen molar-refractivity contribution in [1.82, 2.24) is 20.2 Å². The number of pyridine rings is 2. The number of hydrogen-bond acceptors (Lipinski definition) is 5. The molecule has 1 amide bonds. The van der Waals surface area contributed by atoms with E-state index in [0.29, 0.717) is 5.69 Å². The molecule has 172 valence electrons. The van der Waals surface area contributed by atoms with E-state index in [0.717, 1.165) is 49.5 Å². The van der Waals surface area contributed by atoms with Crippen LogP contribution in [-0.4, -0.2) is 41.0 Å². The van der Waals surface area contributed by atoms with Gasteiger partial charge in [0, 0.05) is 25.5 Å². The van der Waals surface area contributed by atoms with Gasteiger partial charge in [0.2, 0.25) is 0 Å². The van der Waals surface area contributed by atoms with Crippen LogP contribution in [0.25, 0.3) is 0 Å². The Morgan fingerprint density at radius 3 is 2.61 bits per heavy atom. The van der Waals surface area contributed by atoms with Crippen LogP contribution >= 0.6 is 0 Å². The summed E-state index contributed by atoms with van der Waals surface area (Å²) < 4.78 is 5.48. The highest BCUT2D eigenvalue weighted by atomic mass is 16.5. The van der Waals surface area contributed by atoms with E-state index >= 15 is 0 Å². The number of aryl methyl sites for hydroxylation is 2. The van der Waals surface area contributed by atoms with Crippen LogP contribution in [0, 0.1) is 19.8 Å². The molecule has 1 aliphatic heterocycles. The van der Waals surface area contributed by atoms with Crippen LogP contribution in [0.15, 0.2) is 60.9 Å². The third-order valence-corrected chi connectivity index (χ3v) is 6.45. The molecule has 1 fully saturated rings. The summed E-state index contributed by atoms with van der Waals surface area (Å²) in [6.45, 7) is 7.06. The fourth-order valence-electron chi connectivity index (χ4n) is 4.69. The quantitative estimate of drug-likeness (QED) is 0.582. The smallest absolute Gasteiger partial charge is 0.270 e. The molecule has 0 radical (unpaired) electrons. The summed E-state index contributed by atoms with van der Waals surface area (Å²) in [5.74, 6) is 1.03. The molecule has 6 nitrogen and oxygen atoms in total. The molecule has 33 heavy (non-hydrogen) atoms. The summed E-state index contributed by atoms with van der Waals surface area (Å²) in [7, 11) is 1.72. The zero-order chi connectivity index (χ0) is 23.2. The van der Waals surface area contributed by atoms with E-state index in [4.69, 9.17) is 4.74 Å². The number of carbonyl (C=O) groups is 1. The first kappa shape index (κ1) is 22.9. The predicted molar refractivity (Wildman–Crippen MR) is 129 cm³/mol. The Hall–Kier alpha value is -3.25. The Morgan fingerprint density at radius 1 is 1.12 bits per heavy atom. The summed E-state index contributed by atoms with van der Waals surface area (Å²) >= 11 is 0. The van der Waals surface area contributed by atoms with Crippen LogP contribution in [-0.2, 0) is 6.54 Å². The lowest BCUT2D eigenvalue weighted by atomic mass is 9.88. The number of ether oxygens (including phenoxy) is 1. The SMILES string of the molecule is COc1cc(C)c(CN2CCCC(C(NC(=O)c3ccccn3)c3ccccn3)C2)cc1C. The highest BCUT2D eigenvalue weighted by Gasteiger charge is 2.31. The number of likely N-dealkylation sites (tertiary alicyclic amines) is 1. The molecule has 1 aliphatic rings. The number of nitrogens with one attached hydrogen (secondary N) is 1. The molecule has 4 rings (SSSR count). The minimum atomic E-state index is -0.165. The normalized spacial score (nSPS) is 17.4. The molecule has 3 heterocycles. The van der Waals surface area contributed by atoms with Crippen molar-refractivity contribution < 1.29 is 9.53 Å². The Kier molecular flexibility index (Phi) is 7.35. The van der Waals surface area contributed by atoms with Crippen LogP contribution in [0.2, 0.25) is 0 Å². The lowest BCUT2D eigenvalue weighted by molar-refractivity contribution is 0.0870. The molecule has 0 bridgehead atoms.